The van der Waals surface area contributed by atoms with Crippen LogP contribution in [-0.4, -0.2) is 44.3 Å². The highest BCUT2D eigenvalue weighted by Crippen LogP contribution is 2.63. The largest absolute Gasteiger partial charge is 0.466 e. The van der Waals surface area contributed by atoms with Crippen LogP contribution in [0, 0.1) is 49.4 Å². The van der Waals surface area contributed by atoms with Crippen LogP contribution >= 0.6 is 0 Å². The van der Waals surface area contributed by atoms with Gasteiger partial charge in [0.1, 0.15) is 11.6 Å². The van der Waals surface area contributed by atoms with Gasteiger partial charge in [-0.3, -0.25) is 9.59 Å². The number of nitrogens with zero attached hydrogens (tertiary/aromatic N) is 4. The Bertz CT molecular complexity index is 1170. The van der Waals surface area contributed by atoms with Crippen LogP contribution in [0.4, 0.5) is 0 Å². The Morgan fingerprint density at radius 1 is 0.800 bits per heavy atom. The summed E-state index contributed by atoms with van der Waals surface area (Å²) < 4.78 is 15.5. The van der Waals surface area contributed by atoms with Crippen molar-refractivity contribution in [2.45, 2.75) is 105 Å². The Morgan fingerprint density at radius 2 is 1.35 bits per heavy atom. The molecule has 6 unspecified atom stereocenters. The molecule has 2 aromatic rings. The van der Waals surface area contributed by atoms with E-state index in [1.807, 2.05) is 26.2 Å². The molecule has 8 nitrogen and oxygen atoms in total. The highest BCUT2D eigenvalue weighted by atomic mass is 16.5. The molecule has 220 valence electrons. The predicted octanol–water partition coefficient (Wildman–Crippen LogP) is 5.47. The van der Waals surface area contributed by atoms with Crippen molar-refractivity contribution in [1.29, 1.82) is 0 Å². The van der Waals surface area contributed by atoms with Gasteiger partial charge in [0.15, 0.2) is 0 Å². The summed E-state index contributed by atoms with van der Waals surface area (Å²) in [6.45, 7) is 10.5. The standard InChI is InChI=1S/C32H48N4O4/c1-5-28-33-21(3)19-35(28)13-9-30(37)39-15-11-23-7-8-26-27-18-25(32(23)26)17-24(27)12-16-40-31(38)10-14-36-20-22(4)34-29(36)6-2/h19-20,23-27,32H,5-18H2,1-4H3. The average Bonchev–Trinajstić information content (AvgIpc) is 3.74. The fourth-order valence-corrected chi connectivity index (χ4v) is 8.45. The van der Waals surface area contributed by atoms with E-state index >= 15 is 0 Å². The van der Waals surface area contributed by atoms with Crippen molar-refractivity contribution in [3.63, 3.8) is 0 Å². The SMILES string of the molecule is CCc1nc(C)cn1CCC(=O)OCCC1CC2CC1C1CCC(CCOC(=O)CCn3cc(C)nc3CC)C21. The van der Waals surface area contributed by atoms with Crippen molar-refractivity contribution in [1.82, 2.24) is 19.1 Å². The quantitative estimate of drug-likeness (QED) is 0.289. The monoisotopic (exact) mass is 552 g/mol. The van der Waals surface area contributed by atoms with E-state index < -0.39 is 0 Å². The number of fused-ring (bicyclic) bond motifs is 5. The summed E-state index contributed by atoms with van der Waals surface area (Å²) in [4.78, 5) is 33.8. The maximum absolute atomic E-state index is 12.4. The molecule has 5 rings (SSSR count). The first kappa shape index (κ1) is 28.9. The summed E-state index contributed by atoms with van der Waals surface area (Å²) in [6.07, 6.45) is 13.8. The van der Waals surface area contributed by atoms with Gasteiger partial charge in [0.2, 0.25) is 0 Å². The third-order valence-corrected chi connectivity index (χ3v) is 10.00. The molecule has 0 aromatic carbocycles. The molecule has 2 aromatic heterocycles. The minimum absolute atomic E-state index is 0.101. The first-order chi connectivity index (χ1) is 19.4. The first-order valence-electron chi connectivity index (χ1n) is 15.7. The van der Waals surface area contributed by atoms with E-state index in [4.69, 9.17) is 9.47 Å². The molecule has 0 amide bonds. The Morgan fingerprint density at radius 3 is 1.90 bits per heavy atom. The molecule has 2 heterocycles. The highest BCUT2D eigenvalue weighted by molar-refractivity contribution is 5.69. The molecule has 0 spiro atoms. The van der Waals surface area contributed by atoms with Gasteiger partial charge in [-0.05, 0) is 87.9 Å². The van der Waals surface area contributed by atoms with E-state index in [1.54, 1.807) is 0 Å². The number of hydrogen-bond donors (Lipinski definition) is 0. The van der Waals surface area contributed by atoms with Crippen LogP contribution in [0.2, 0.25) is 0 Å². The van der Waals surface area contributed by atoms with Crippen molar-refractivity contribution in [3.8, 4) is 0 Å². The maximum Gasteiger partial charge on any atom is 0.307 e. The molecule has 3 fully saturated rings. The second-order valence-corrected chi connectivity index (χ2v) is 12.4. The van der Waals surface area contributed by atoms with Crippen LogP contribution in [0.25, 0.3) is 0 Å². The van der Waals surface area contributed by atoms with E-state index in [2.05, 4.69) is 32.9 Å². The summed E-state index contributed by atoms with van der Waals surface area (Å²) >= 11 is 0. The second-order valence-electron chi connectivity index (χ2n) is 12.4. The lowest BCUT2D eigenvalue weighted by Gasteiger charge is -2.34. The average molecular weight is 553 g/mol. The molecule has 2 bridgehead atoms. The van der Waals surface area contributed by atoms with Crippen LogP contribution < -0.4 is 0 Å². The fourth-order valence-electron chi connectivity index (χ4n) is 8.45. The van der Waals surface area contributed by atoms with Gasteiger partial charge in [0.25, 0.3) is 0 Å². The van der Waals surface area contributed by atoms with Crippen LogP contribution in [0.3, 0.4) is 0 Å². The topological polar surface area (TPSA) is 88.2 Å². The summed E-state index contributed by atoms with van der Waals surface area (Å²) in [7, 11) is 0. The third-order valence-electron chi connectivity index (χ3n) is 10.00. The number of carbonyl (C=O) groups excluding carboxylic acids is 2. The minimum Gasteiger partial charge on any atom is -0.466 e. The van der Waals surface area contributed by atoms with E-state index in [0.29, 0.717) is 51.0 Å². The van der Waals surface area contributed by atoms with Crippen molar-refractivity contribution in [2.75, 3.05) is 13.2 Å². The van der Waals surface area contributed by atoms with E-state index in [1.165, 1.54) is 25.7 Å². The molecule has 3 aliphatic rings. The molecule has 0 N–H and O–H groups in total. The molecule has 8 heteroatoms. The van der Waals surface area contributed by atoms with Crippen molar-refractivity contribution >= 4 is 11.9 Å². The molecular weight excluding hydrogens is 504 g/mol. The summed E-state index contributed by atoms with van der Waals surface area (Å²) in [5.41, 5.74) is 1.99. The molecule has 3 aliphatic carbocycles. The number of imidazole rings is 2. The van der Waals surface area contributed by atoms with E-state index in [0.717, 1.165) is 72.4 Å². The summed E-state index contributed by atoms with van der Waals surface area (Å²) in [5.74, 6) is 6.44. The lowest BCUT2D eigenvalue weighted by molar-refractivity contribution is -0.145. The zero-order chi connectivity index (χ0) is 28.2. The predicted molar refractivity (Wildman–Crippen MR) is 152 cm³/mol. The third kappa shape index (κ3) is 6.46. The van der Waals surface area contributed by atoms with Crippen molar-refractivity contribution in [3.05, 3.63) is 35.4 Å². The summed E-state index contributed by atoms with van der Waals surface area (Å²) in [5, 5.41) is 0. The van der Waals surface area contributed by atoms with Gasteiger partial charge < -0.3 is 18.6 Å². The highest BCUT2D eigenvalue weighted by Gasteiger charge is 2.56. The normalized spacial score (nSPS) is 26.8. The number of aromatic nitrogens is 4. The molecule has 0 saturated heterocycles. The van der Waals surface area contributed by atoms with Crippen molar-refractivity contribution < 1.29 is 19.1 Å². The van der Waals surface area contributed by atoms with Gasteiger partial charge in [-0.2, -0.15) is 0 Å². The Labute approximate surface area is 239 Å². The van der Waals surface area contributed by atoms with Gasteiger partial charge in [-0.15, -0.1) is 0 Å². The second kappa shape index (κ2) is 12.9. The number of esters is 2. The van der Waals surface area contributed by atoms with Gasteiger partial charge in [0.05, 0.1) is 37.4 Å². The minimum atomic E-state index is -0.101. The molecule has 0 aliphatic heterocycles. The number of carbonyl (C=O) groups is 2. The number of aryl methyl sites for hydroxylation is 6. The van der Waals surface area contributed by atoms with Gasteiger partial charge in [0, 0.05) is 38.3 Å². The molecule has 0 radical (unpaired) electrons. The molecule has 40 heavy (non-hydrogen) atoms. The zero-order valence-corrected chi connectivity index (χ0v) is 24.9. The van der Waals surface area contributed by atoms with Crippen LogP contribution in [-0.2, 0) is 45.0 Å². The summed E-state index contributed by atoms with van der Waals surface area (Å²) in [6, 6.07) is 0. The zero-order valence-electron chi connectivity index (χ0n) is 24.9. The first-order valence-corrected chi connectivity index (χ1v) is 15.7. The Balaban J connectivity index is 0.983. The Kier molecular flexibility index (Phi) is 9.31. The van der Waals surface area contributed by atoms with Crippen molar-refractivity contribution in [2.24, 2.45) is 35.5 Å². The lowest BCUT2D eigenvalue weighted by atomic mass is 9.72. The fraction of sp³-hybridized carbons (Fsp3) is 0.750. The molecule has 6 atom stereocenters. The smallest absolute Gasteiger partial charge is 0.307 e. The van der Waals surface area contributed by atoms with Gasteiger partial charge in [-0.1, -0.05) is 13.8 Å². The van der Waals surface area contributed by atoms with E-state index in [-0.39, 0.29) is 11.9 Å². The van der Waals surface area contributed by atoms with Crippen LogP contribution in [0.1, 0.15) is 88.3 Å². The van der Waals surface area contributed by atoms with Crippen LogP contribution in [0.15, 0.2) is 12.4 Å². The van der Waals surface area contributed by atoms with Gasteiger partial charge >= 0.3 is 11.9 Å². The number of rotatable bonds is 14. The number of ether oxygens (including phenoxy) is 2. The van der Waals surface area contributed by atoms with Crippen LogP contribution in [0.5, 0.6) is 0 Å². The molecular formula is C32H48N4O4. The number of hydrogen-bond acceptors (Lipinski definition) is 6. The maximum atomic E-state index is 12.4. The molecule has 3 saturated carbocycles. The lowest BCUT2D eigenvalue weighted by Crippen LogP contribution is -2.29. The Hall–Kier alpha value is -2.64. The van der Waals surface area contributed by atoms with E-state index in [9.17, 15) is 9.59 Å². The van der Waals surface area contributed by atoms with Gasteiger partial charge in [-0.25, -0.2) is 9.97 Å².